The van der Waals surface area contributed by atoms with Gasteiger partial charge in [0.05, 0.1) is 11.6 Å². The highest BCUT2D eigenvalue weighted by atomic mass is 19.4. The molecule has 1 amide bonds. The first kappa shape index (κ1) is 24.3. The van der Waals surface area contributed by atoms with Crippen molar-refractivity contribution in [3.8, 4) is 5.75 Å². The first-order valence-corrected chi connectivity index (χ1v) is 9.17. The number of amides is 1. The zero-order valence-corrected chi connectivity index (χ0v) is 17.5. The Morgan fingerprint density at radius 2 is 1.77 bits per heavy atom. The summed E-state index contributed by atoms with van der Waals surface area (Å²) in [5.41, 5.74) is -3.04. The van der Waals surface area contributed by atoms with Crippen molar-refractivity contribution in [1.29, 1.82) is 0 Å². The number of carbonyl (C=O) groups is 1. The largest absolute Gasteiger partial charge is 0.573 e. The van der Waals surface area contributed by atoms with Crippen LogP contribution in [-0.2, 0) is 5.41 Å². The molecule has 3 N–H and O–H groups in total. The van der Waals surface area contributed by atoms with E-state index in [1.807, 2.05) is 0 Å². The maximum Gasteiger partial charge on any atom is 0.573 e. The summed E-state index contributed by atoms with van der Waals surface area (Å²) in [6.45, 7) is 7.98. The van der Waals surface area contributed by atoms with Crippen molar-refractivity contribution in [3.05, 3.63) is 57.5 Å². The number of nitrogens with one attached hydrogen (secondary N) is 2. The predicted molar refractivity (Wildman–Crippen MR) is 103 cm³/mol. The van der Waals surface area contributed by atoms with Crippen LogP contribution in [0.3, 0.4) is 0 Å². The van der Waals surface area contributed by atoms with Crippen LogP contribution < -0.4 is 15.6 Å². The summed E-state index contributed by atoms with van der Waals surface area (Å²) in [6, 6.07) is 2.27. The lowest BCUT2D eigenvalue weighted by Gasteiger charge is -2.31. The van der Waals surface area contributed by atoms with Crippen LogP contribution in [-0.4, -0.2) is 32.9 Å². The maximum atomic E-state index is 14.1. The van der Waals surface area contributed by atoms with Crippen LogP contribution in [0.1, 0.15) is 62.5 Å². The molecular weight excluding hydrogens is 422 g/mol. The summed E-state index contributed by atoms with van der Waals surface area (Å²) in [7, 11) is 0. The lowest BCUT2D eigenvalue weighted by atomic mass is 9.91. The van der Waals surface area contributed by atoms with E-state index in [0.29, 0.717) is 0 Å². The van der Waals surface area contributed by atoms with Crippen LogP contribution >= 0.6 is 0 Å². The van der Waals surface area contributed by atoms with Crippen molar-refractivity contribution < 1.29 is 32.2 Å². The molecule has 7 nitrogen and oxygen atoms in total. The van der Waals surface area contributed by atoms with Crippen LogP contribution in [0.4, 0.5) is 17.6 Å². The second-order valence-electron chi connectivity index (χ2n) is 8.53. The van der Waals surface area contributed by atoms with Gasteiger partial charge >= 0.3 is 6.36 Å². The molecule has 0 saturated carbocycles. The molecule has 0 bridgehead atoms. The lowest BCUT2D eigenvalue weighted by Crippen LogP contribution is -2.43. The standard InChI is InChI=1S/C20H23F4N3O4/c1-18(2,3)17-25-12(9-14(28)26-17)16(29)27-15(19(4,5)30)10-6-7-13(11(21)8-10)31-20(22,23)24/h6-9,15,30H,1-5H3,(H,27,29)(H,25,26,28). The van der Waals surface area contributed by atoms with Gasteiger partial charge in [0.1, 0.15) is 11.5 Å². The molecule has 31 heavy (non-hydrogen) atoms. The molecule has 1 atom stereocenters. The number of alkyl halides is 3. The minimum Gasteiger partial charge on any atom is -0.403 e. The molecule has 0 spiro atoms. The summed E-state index contributed by atoms with van der Waals surface area (Å²) in [5.74, 6) is -2.96. The van der Waals surface area contributed by atoms with Gasteiger partial charge in [0.25, 0.3) is 11.5 Å². The lowest BCUT2D eigenvalue weighted by molar-refractivity contribution is -0.275. The summed E-state index contributed by atoms with van der Waals surface area (Å²) in [5, 5.41) is 12.9. The Kier molecular flexibility index (Phi) is 6.51. The fourth-order valence-electron chi connectivity index (χ4n) is 2.71. The Hall–Kier alpha value is -2.95. The second kappa shape index (κ2) is 8.29. The van der Waals surface area contributed by atoms with E-state index in [1.165, 1.54) is 13.8 Å². The third kappa shape index (κ3) is 6.51. The fourth-order valence-corrected chi connectivity index (χ4v) is 2.71. The third-order valence-electron chi connectivity index (χ3n) is 4.18. The predicted octanol–water partition coefficient (Wildman–Crippen LogP) is 3.35. The van der Waals surface area contributed by atoms with E-state index in [9.17, 15) is 32.3 Å². The van der Waals surface area contributed by atoms with Gasteiger partial charge in [-0.15, -0.1) is 13.2 Å². The van der Waals surface area contributed by atoms with Gasteiger partial charge in [0, 0.05) is 11.5 Å². The van der Waals surface area contributed by atoms with Crippen molar-refractivity contribution in [2.45, 2.75) is 58.0 Å². The van der Waals surface area contributed by atoms with E-state index in [1.54, 1.807) is 20.8 Å². The quantitative estimate of drug-likeness (QED) is 0.613. The molecule has 0 saturated heterocycles. The highest BCUT2D eigenvalue weighted by Gasteiger charge is 2.34. The fraction of sp³-hybridized carbons (Fsp3) is 0.450. The number of aromatic amines is 1. The van der Waals surface area contributed by atoms with Gasteiger partial charge in [-0.2, -0.15) is 0 Å². The summed E-state index contributed by atoms with van der Waals surface area (Å²) < 4.78 is 54.8. The zero-order valence-electron chi connectivity index (χ0n) is 17.5. The van der Waals surface area contributed by atoms with Gasteiger partial charge in [0.15, 0.2) is 11.6 Å². The number of hydrogen-bond acceptors (Lipinski definition) is 5. The number of hydrogen-bond donors (Lipinski definition) is 3. The minimum absolute atomic E-state index is 0.0197. The van der Waals surface area contributed by atoms with Crippen LogP contribution in [0.25, 0.3) is 0 Å². The smallest absolute Gasteiger partial charge is 0.403 e. The van der Waals surface area contributed by atoms with E-state index in [2.05, 4.69) is 20.0 Å². The van der Waals surface area contributed by atoms with Crippen molar-refractivity contribution >= 4 is 5.91 Å². The Morgan fingerprint density at radius 3 is 2.26 bits per heavy atom. The van der Waals surface area contributed by atoms with Crippen molar-refractivity contribution in [3.63, 3.8) is 0 Å². The number of halogens is 4. The molecule has 2 aromatic rings. The Bertz CT molecular complexity index is 1020. The number of ether oxygens (including phenoxy) is 1. The SMILES string of the molecule is CC(C)(C)c1nc(C(=O)NC(c2ccc(OC(F)(F)F)c(F)c2)C(C)(C)O)cc(=O)[nH]1. The Balaban J connectivity index is 2.40. The first-order valence-electron chi connectivity index (χ1n) is 9.17. The molecule has 2 rings (SSSR count). The summed E-state index contributed by atoms with van der Waals surface area (Å²) >= 11 is 0. The number of rotatable bonds is 5. The molecule has 0 aliphatic carbocycles. The number of H-pyrrole nitrogens is 1. The van der Waals surface area contributed by atoms with Gasteiger partial charge in [-0.25, -0.2) is 9.37 Å². The highest BCUT2D eigenvalue weighted by molar-refractivity contribution is 5.92. The molecule has 1 aromatic heterocycles. The number of aliphatic hydroxyl groups is 1. The van der Waals surface area contributed by atoms with Crippen molar-refractivity contribution in [2.75, 3.05) is 0 Å². The van der Waals surface area contributed by atoms with Gasteiger partial charge in [-0.3, -0.25) is 9.59 Å². The van der Waals surface area contributed by atoms with Gasteiger partial charge in [-0.1, -0.05) is 26.8 Å². The number of benzene rings is 1. The molecule has 0 aliphatic heterocycles. The molecule has 170 valence electrons. The zero-order chi connectivity index (χ0) is 23.8. The molecule has 0 radical (unpaired) electrons. The third-order valence-corrected chi connectivity index (χ3v) is 4.18. The highest BCUT2D eigenvalue weighted by Crippen LogP contribution is 2.31. The number of aromatic nitrogens is 2. The summed E-state index contributed by atoms with van der Waals surface area (Å²) in [6.07, 6.45) is -5.08. The molecule has 1 heterocycles. The topological polar surface area (TPSA) is 104 Å². The average molecular weight is 445 g/mol. The summed E-state index contributed by atoms with van der Waals surface area (Å²) in [4.78, 5) is 31.3. The maximum absolute atomic E-state index is 14.1. The average Bonchev–Trinajstić information content (AvgIpc) is 2.58. The van der Waals surface area contributed by atoms with E-state index in [-0.39, 0.29) is 17.1 Å². The molecular formula is C20H23F4N3O4. The number of nitrogens with zero attached hydrogens (tertiary/aromatic N) is 1. The second-order valence-corrected chi connectivity index (χ2v) is 8.53. The van der Waals surface area contributed by atoms with E-state index < -0.39 is 46.5 Å². The van der Waals surface area contributed by atoms with Gasteiger partial charge in [-0.05, 0) is 31.5 Å². The van der Waals surface area contributed by atoms with Crippen LogP contribution in [0, 0.1) is 5.82 Å². The van der Waals surface area contributed by atoms with Crippen molar-refractivity contribution in [1.82, 2.24) is 15.3 Å². The molecule has 11 heteroatoms. The van der Waals surface area contributed by atoms with Crippen molar-refractivity contribution in [2.24, 2.45) is 0 Å². The molecule has 0 fully saturated rings. The van der Waals surface area contributed by atoms with E-state index in [0.717, 1.165) is 24.3 Å². The monoisotopic (exact) mass is 445 g/mol. The van der Waals surface area contributed by atoms with Gasteiger partial charge < -0.3 is 20.1 Å². The van der Waals surface area contributed by atoms with Crippen LogP contribution in [0.2, 0.25) is 0 Å². The van der Waals surface area contributed by atoms with E-state index >= 15 is 0 Å². The Labute approximate surface area is 175 Å². The van der Waals surface area contributed by atoms with Crippen LogP contribution in [0.5, 0.6) is 5.75 Å². The molecule has 1 unspecified atom stereocenters. The first-order chi connectivity index (χ1) is 14.0. The normalized spacial score (nSPS) is 13.6. The van der Waals surface area contributed by atoms with Crippen LogP contribution in [0.15, 0.2) is 29.1 Å². The molecule has 0 aliphatic rings. The van der Waals surface area contributed by atoms with Gasteiger partial charge in [0.2, 0.25) is 0 Å². The number of carbonyl (C=O) groups excluding carboxylic acids is 1. The molecule has 1 aromatic carbocycles. The Morgan fingerprint density at radius 1 is 1.16 bits per heavy atom. The minimum atomic E-state index is -5.08. The van der Waals surface area contributed by atoms with E-state index in [4.69, 9.17) is 0 Å².